The van der Waals surface area contributed by atoms with Crippen LogP contribution in [0.2, 0.25) is 0 Å². The summed E-state index contributed by atoms with van der Waals surface area (Å²) in [5.74, 6) is -0.207. The molecular weight excluding hydrogens is 411 g/mol. The van der Waals surface area contributed by atoms with E-state index in [4.69, 9.17) is 0 Å². The smallest absolute Gasteiger partial charge is 0.321 e. The lowest BCUT2D eigenvalue weighted by Crippen LogP contribution is -2.45. The second kappa shape index (κ2) is 9.74. The van der Waals surface area contributed by atoms with Gasteiger partial charge in [-0.05, 0) is 55.9 Å². The first-order valence-electron chi connectivity index (χ1n) is 10.3. The van der Waals surface area contributed by atoms with Gasteiger partial charge in [-0.3, -0.25) is 4.79 Å². The van der Waals surface area contributed by atoms with Crippen LogP contribution in [0.3, 0.4) is 0 Å². The summed E-state index contributed by atoms with van der Waals surface area (Å²) in [6, 6.07) is 5.44. The minimum atomic E-state index is -3.19. The molecule has 0 aromatic heterocycles. The molecule has 8 nitrogen and oxygen atoms in total. The summed E-state index contributed by atoms with van der Waals surface area (Å²) in [4.78, 5) is 26.5. The molecule has 166 valence electrons. The van der Waals surface area contributed by atoms with Crippen LogP contribution in [0.1, 0.15) is 25.7 Å². The number of sulfonamides is 1. The topological polar surface area (TPSA) is 98.8 Å². The van der Waals surface area contributed by atoms with E-state index >= 15 is 0 Å². The Hall–Kier alpha value is -2.20. The number of piperidine rings is 2. The number of urea groups is 1. The quantitative estimate of drug-likeness (QED) is 0.730. The zero-order chi connectivity index (χ0) is 21.7. The largest absolute Gasteiger partial charge is 0.356 e. The van der Waals surface area contributed by atoms with E-state index in [1.54, 1.807) is 4.90 Å². The molecule has 0 spiro atoms. The van der Waals surface area contributed by atoms with Crippen LogP contribution in [0.15, 0.2) is 24.3 Å². The van der Waals surface area contributed by atoms with Gasteiger partial charge in [0.05, 0.1) is 6.26 Å². The van der Waals surface area contributed by atoms with Gasteiger partial charge in [0, 0.05) is 44.3 Å². The highest BCUT2D eigenvalue weighted by atomic mass is 32.2. The number of rotatable bonds is 5. The van der Waals surface area contributed by atoms with E-state index in [9.17, 15) is 22.4 Å². The summed E-state index contributed by atoms with van der Waals surface area (Å²) in [5, 5.41) is 5.77. The number of carbonyl (C=O) groups is 2. The maximum atomic E-state index is 13.0. The summed E-state index contributed by atoms with van der Waals surface area (Å²) >= 11 is 0. The Morgan fingerprint density at radius 2 is 1.63 bits per heavy atom. The summed E-state index contributed by atoms with van der Waals surface area (Å²) in [6.45, 7) is 2.54. The zero-order valence-electron chi connectivity index (χ0n) is 17.1. The predicted octanol–water partition coefficient (Wildman–Crippen LogP) is 1.86. The Morgan fingerprint density at radius 3 is 2.20 bits per heavy atom. The molecular formula is C20H29FN4O4S. The van der Waals surface area contributed by atoms with Crippen molar-refractivity contribution in [1.82, 2.24) is 14.5 Å². The van der Waals surface area contributed by atoms with E-state index in [1.165, 1.54) is 34.8 Å². The van der Waals surface area contributed by atoms with Gasteiger partial charge in [0.1, 0.15) is 5.82 Å². The van der Waals surface area contributed by atoms with Crippen LogP contribution in [-0.2, 0) is 14.8 Å². The average Bonchev–Trinajstić information content (AvgIpc) is 2.73. The van der Waals surface area contributed by atoms with Gasteiger partial charge in [-0.15, -0.1) is 0 Å². The maximum Gasteiger partial charge on any atom is 0.321 e. The molecule has 0 unspecified atom stereocenters. The third-order valence-electron chi connectivity index (χ3n) is 5.86. The molecule has 1 aromatic rings. The molecule has 2 aliphatic heterocycles. The Labute approximate surface area is 176 Å². The van der Waals surface area contributed by atoms with Crippen LogP contribution >= 0.6 is 0 Å². The molecule has 2 aliphatic rings. The molecule has 0 bridgehead atoms. The fourth-order valence-electron chi connectivity index (χ4n) is 3.91. The second-order valence-corrected chi connectivity index (χ2v) is 10.0. The molecule has 0 aliphatic carbocycles. The Balaban J connectivity index is 1.36. The van der Waals surface area contributed by atoms with Crippen molar-refractivity contribution in [1.29, 1.82) is 0 Å². The molecule has 3 amide bonds. The third kappa shape index (κ3) is 6.15. The number of halogens is 1. The highest BCUT2D eigenvalue weighted by Gasteiger charge is 2.29. The van der Waals surface area contributed by atoms with Crippen LogP contribution in [0.5, 0.6) is 0 Å². The van der Waals surface area contributed by atoms with Gasteiger partial charge >= 0.3 is 6.03 Å². The fraction of sp³-hybridized carbons (Fsp3) is 0.600. The lowest BCUT2D eigenvalue weighted by Gasteiger charge is -2.33. The first kappa shape index (κ1) is 22.5. The van der Waals surface area contributed by atoms with Crippen LogP contribution in [0, 0.1) is 17.7 Å². The molecule has 2 saturated heterocycles. The zero-order valence-corrected chi connectivity index (χ0v) is 18.0. The van der Waals surface area contributed by atoms with E-state index in [0.717, 1.165) is 12.8 Å². The lowest BCUT2D eigenvalue weighted by atomic mass is 9.94. The number of nitrogens with one attached hydrogen (secondary N) is 2. The molecule has 10 heteroatoms. The maximum absolute atomic E-state index is 13.0. The number of nitrogens with zero attached hydrogens (tertiary/aromatic N) is 2. The standard InChI is InChI=1S/C20H29FN4O4S/c1-30(28,29)25-12-8-16(9-13-25)19(26)22-14-15-6-10-24(11-7-15)20(27)23-18-4-2-17(21)3-5-18/h2-5,15-16H,6-14H2,1H3,(H,22,26)(H,23,27). The van der Waals surface area contributed by atoms with Crippen molar-refractivity contribution < 1.29 is 22.4 Å². The first-order valence-corrected chi connectivity index (χ1v) is 12.1. The van der Waals surface area contributed by atoms with Gasteiger partial charge in [-0.25, -0.2) is 21.9 Å². The molecule has 3 rings (SSSR count). The normalized spacial score (nSPS) is 19.5. The fourth-order valence-corrected chi connectivity index (χ4v) is 4.79. The molecule has 0 atom stereocenters. The summed E-state index contributed by atoms with van der Waals surface area (Å²) < 4.78 is 37.5. The van der Waals surface area contributed by atoms with Crippen molar-refractivity contribution in [2.24, 2.45) is 11.8 Å². The molecule has 2 heterocycles. The van der Waals surface area contributed by atoms with Crippen molar-refractivity contribution >= 4 is 27.6 Å². The number of amides is 3. The van der Waals surface area contributed by atoms with Gasteiger partial charge in [0.15, 0.2) is 0 Å². The van der Waals surface area contributed by atoms with Crippen molar-refractivity contribution in [2.45, 2.75) is 25.7 Å². The number of benzene rings is 1. The molecule has 2 fully saturated rings. The van der Waals surface area contributed by atoms with Crippen molar-refractivity contribution in [3.63, 3.8) is 0 Å². The van der Waals surface area contributed by atoms with E-state index in [-0.39, 0.29) is 23.7 Å². The molecule has 2 N–H and O–H groups in total. The lowest BCUT2D eigenvalue weighted by molar-refractivity contribution is -0.126. The van der Waals surface area contributed by atoms with E-state index in [0.29, 0.717) is 57.2 Å². The van der Waals surface area contributed by atoms with Crippen molar-refractivity contribution in [3.05, 3.63) is 30.1 Å². The minimum Gasteiger partial charge on any atom is -0.356 e. The van der Waals surface area contributed by atoms with Crippen LogP contribution < -0.4 is 10.6 Å². The van der Waals surface area contributed by atoms with Gasteiger partial charge in [0.2, 0.25) is 15.9 Å². The third-order valence-corrected chi connectivity index (χ3v) is 7.16. The highest BCUT2D eigenvalue weighted by molar-refractivity contribution is 7.88. The Morgan fingerprint density at radius 1 is 1.03 bits per heavy atom. The SMILES string of the molecule is CS(=O)(=O)N1CCC(C(=O)NCC2CCN(C(=O)Nc3ccc(F)cc3)CC2)CC1. The number of hydrogen-bond donors (Lipinski definition) is 2. The molecule has 1 aromatic carbocycles. The monoisotopic (exact) mass is 440 g/mol. The summed E-state index contributed by atoms with van der Waals surface area (Å²) in [6.07, 6.45) is 3.87. The average molecular weight is 441 g/mol. The van der Waals surface area contributed by atoms with Crippen LogP contribution in [0.25, 0.3) is 0 Å². The molecule has 0 radical (unpaired) electrons. The minimum absolute atomic E-state index is 0.0142. The molecule has 30 heavy (non-hydrogen) atoms. The summed E-state index contributed by atoms with van der Waals surface area (Å²) in [7, 11) is -3.19. The number of likely N-dealkylation sites (tertiary alicyclic amines) is 1. The van der Waals surface area contributed by atoms with Crippen molar-refractivity contribution in [3.8, 4) is 0 Å². The molecule has 0 saturated carbocycles. The Kier molecular flexibility index (Phi) is 7.30. The number of anilines is 1. The highest BCUT2D eigenvalue weighted by Crippen LogP contribution is 2.21. The van der Waals surface area contributed by atoms with E-state index in [2.05, 4.69) is 10.6 Å². The summed E-state index contributed by atoms with van der Waals surface area (Å²) in [5.41, 5.74) is 0.553. The predicted molar refractivity (Wildman–Crippen MR) is 112 cm³/mol. The first-order chi connectivity index (χ1) is 14.2. The van der Waals surface area contributed by atoms with E-state index < -0.39 is 10.0 Å². The van der Waals surface area contributed by atoms with Gasteiger partial charge in [-0.1, -0.05) is 0 Å². The second-order valence-electron chi connectivity index (χ2n) is 8.05. The van der Waals surface area contributed by atoms with Crippen LogP contribution in [-0.4, -0.2) is 68.5 Å². The Bertz CT molecular complexity index is 846. The van der Waals surface area contributed by atoms with Gasteiger partial charge < -0.3 is 15.5 Å². The van der Waals surface area contributed by atoms with Crippen LogP contribution in [0.4, 0.5) is 14.9 Å². The van der Waals surface area contributed by atoms with E-state index in [1.807, 2.05) is 0 Å². The number of carbonyl (C=O) groups excluding carboxylic acids is 2. The van der Waals surface area contributed by atoms with Gasteiger partial charge in [-0.2, -0.15) is 0 Å². The van der Waals surface area contributed by atoms with Gasteiger partial charge in [0.25, 0.3) is 0 Å². The van der Waals surface area contributed by atoms with Crippen molar-refractivity contribution in [2.75, 3.05) is 44.3 Å². The number of hydrogen-bond acceptors (Lipinski definition) is 4.